The Morgan fingerprint density at radius 1 is 1.06 bits per heavy atom. The highest BCUT2D eigenvalue weighted by molar-refractivity contribution is 6.69. The minimum atomic E-state index is -1.34. The Morgan fingerprint density at radius 3 is 2.06 bits per heavy atom. The summed E-state index contributed by atoms with van der Waals surface area (Å²) in [6.07, 6.45) is 1.03. The van der Waals surface area contributed by atoms with Crippen LogP contribution < -0.4 is 0 Å². The van der Waals surface area contributed by atoms with Crippen molar-refractivity contribution in [2.45, 2.75) is 45.8 Å². The third-order valence-corrected chi connectivity index (χ3v) is 3.64. The van der Waals surface area contributed by atoms with Crippen molar-refractivity contribution in [1.29, 1.82) is 0 Å². The van der Waals surface area contributed by atoms with Crippen molar-refractivity contribution in [3.8, 4) is 0 Å². The largest absolute Gasteiger partial charge is 0.417 e. The Balaban J connectivity index is 2.44. The molecule has 1 nitrogen and oxygen atoms in total. The number of rotatable bonds is 5. The molecule has 0 saturated heterocycles. The van der Waals surface area contributed by atoms with Gasteiger partial charge in [-0.25, -0.2) is 0 Å². The molecule has 2 heteroatoms. The third kappa shape index (κ3) is 4.95. The Labute approximate surface area is 101 Å². The summed E-state index contributed by atoms with van der Waals surface area (Å²) >= 11 is 0. The van der Waals surface area contributed by atoms with Crippen molar-refractivity contribution in [3.05, 3.63) is 35.4 Å². The van der Waals surface area contributed by atoms with Gasteiger partial charge >= 0.3 is 0 Å². The van der Waals surface area contributed by atoms with Crippen LogP contribution in [0.5, 0.6) is 0 Å². The molecule has 90 valence electrons. The zero-order chi connectivity index (χ0) is 12.2. The fourth-order valence-corrected chi connectivity index (χ4v) is 2.26. The molecule has 0 unspecified atom stereocenters. The normalized spacial score (nSPS) is 12.1. The van der Waals surface area contributed by atoms with Gasteiger partial charge in [0.15, 0.2) is 8.32 Å². The number of hydrogen-bond donors (Lipinski definition) is 0. The van der Waals surface area contributed by atoms with E-state index in [-0.39, 0.29) is 0 Å². The maximum Gasteiger partial charge on any atom is 0.183 e. The van der Waals surface area contributed by atoms with Crippen LogP contribution in [-0.4, -0.2) is 14.9 Å². The van der Waals surface area contributed by atoms with E-state index in [0.29, 0.717) is 5.92 Å². The van der Waals surface area contributed by atoms with Crippen LogP contribution in [0.15, 0.2) is 24.3 Å². The van der Waals surface area contributed by atoms with Gasteiger partial charge in [0.1, 0.15) is 0 Å². The Morgan fingerprint density at radius 2 is 1.62 bits per heavy atom. The first-order valence-electron chi connectivity index (χ1n) is 6.11. The standard InChI is InChI=1S/C14H24OSi/c1-12(2)14-8-6-13(7-9-14)10-11-15-16(3,4)5/h6-9,12H,10-11H2,1-5H3. The molecule has 1 aromatic rings. The van der Waals surface area contributed by atoms with Crippen LogP contribution in [0.4, 0.5) is 0 Å². The van der Waals surface area contributed by atoms with Gasteiger partial charge in [0.2, 0.25) is 0 Å². The SMILES string of the molecule is CC(C)c1ccc(CCO[Si](C)(C)C)cc1. The van der Waals surface area contributed by atoms with E-state index < -0.39 is 8.32 Å². The Hall–Kier alpha value is -0.603. The second-order valence-corrected chi connectivity index (χ2v) is 10.1. The predicted molar refractivity (Wildman–Crippen MR) is 73.5 cm³/mol. The van der Waals surface area contributed by atoms with E-state index in [1.165, 1.54) is 11.1 Å². The van der Waals surface area contributed by atoms with Gasteiger partial charge in [0.25, 0.3) is 0 Å². The van der Waals surface area contributed by atoms with E-state index in [2.05, 4.69) is 57.8 Å². The Kier molecular flexibility index (Phi) is 4.75. The molecule has 0 aliphatic carbocycles. The molecule has 0 saturated carbocycles. The van der Waals surface area contributed by atoms with Crippen LogP contribution >= 0.6 is 0 Å². The minimum absolute atomic E-state index is 0.618. The number of hydrogen-bond acceptors (Lipinski definition) is 1. The highest BCUT2D eigenvalue weighted by Crippen LogP contribution is 2.15. The van der Waals surface area contributed by atoms with E-state index in [1.54, 1.807) is 0 Å². The molecule has 0 aromatic heterocycles. The molecule has 1 aromatic carbocycles. The van der Waals surface area contributed by atoms with Crippen molar-refractivity contribution in [3.63, 3.8) is 0 Å². The summed E-state index contributed by atoms with van der Waals surface area (Å²) in [6.45, 7) is 12.0. The maximum atomic E-state index is 5.85. The van der Waals surface area contributed by atoms with Crippen molar-refractivity contribution in [2.24, 2.45) is 0 Å². The Bertz CT molecular complexity index is 309. The molecular weight excluding hydrogens is 212 g/mol. The van der Waals surface area contributed by atoms with Crippen molar-refractivity contribution in [1.82, 2.24) is 0 Å². The van der Waals surface area contributed by atoms with Crippen LogP contribution in [0.1, 0.15) is 30.9 Å². The van der Waals surface area contributed by atoms with Gasteiger partial charge in [-0.1, -0.05) is 38.1 Å². The highest BCUT2D eigenvalue weighted by atomic mass is 28.4. The summed E-state index contributed by atoms with van der Waals surface area (Å²) in [4.78, 5) is 0. The second kappa shape index (κ2) is 5.64. The first-order chi connectivity index (χ1) is 7.38. The summed E-state index contributed by atoms with van der Waals surface area (Å²) in [5.41, 5.74) is 2.79. The van der Waals surface area contributed by atoms with Crippen LogP contribution in [0.25, 0.3) is 0 Å². The molecule has 16 heavy (non-hydrogen) atoms. The molecule has 0 spiro atoms. The van der Waals surface area contributed by atoms with Gasteiger partial charge < -0.3 is 4.43 Å². The third-order valence-electron chi connectivity index (χ3n) is 2.57. The molecular formula is C14H24OSi. The van der Waals surface area contributed by atoms with Gasteiger partial charge in [-0.15, -0.1) is 0 Å². The molecule has 0 heterocycles. The fraction of sp³-hybridized carbons (Fsp3) is 0.571. The lowest BCUT2D eigenvalue weighted by atomic mass is 10.0. The molecule has 0 fully saturated rings. The molecule has 0 N–H and O–H groups in total. The zero-order valence-electron chi connectivity index (χ0n) is 11.2. The van der Waals surface area contributed by atoms with E-state index in [9.17, 15) is 0 Å². The highest BCUT2D eigenvalue weighted by Gasteiger charge is 2.13. The van der Waals surface area contributed by atoms with E-state index >= 15 is 0 Å². The molecule has 0 radical (unpaired) electrons. The van der Waals surface area contributed by atoms with Crippen molar-refractivity contribution in [2.75, 3.05) is 6.61 Å². The first-order valence-corrected chi connectivity index (χ1v) is 9.52. The lowest BCUT2D eigenvalue weighted by Crippen LogP contribution is -2.26. The fourth-order valence-electron chi connectivity index (χ4n) is 1.54. The second-order valence-electron chi connectivity index (χ2n) is 5.61. The molecule has 1 rings (SSSR count). The maximum absolute atomic E-state index is 5.85. The molecule has 0 amide bonds. The van der Waals surface area contributed by atoms with Crippen LogP contribution in [0, 0.1) is 0 Å². The summed E-state index contributed by atoms with van der Waals surface area (Å²) in [5.74, 6) is 0.618. The first kappa shape index (κ1) is 13.5. The smallest absolute Gasteiger partial charge is 0.183 e. The summed E-state index contributed by atoms with van der Waals surface area (Å²) in [5, 5.41) is 0. The van der Waals surface area contributed by atoms with Crippen LogP contribution in [0.3, 0.4) is 0 Å². The lowest BCUT2D eigenvalue weighted by Gasteiger charge is -2.17. The van der Waals surface area contributed by atoms with Crippen LogP contribution in [0.2, 0.25) is 19.6 Å². The molecule has 0 aliphatic heterocycles. The average molecular weight is 236 g/mol. The molecule has 0 aliphatic rings. The summed E-state index contributed by atoms with van der Waals surface area (Å²) in [6, 6.07) is 8.91. The molecule has 0 atom stereocenters. The van der Waals surface area contributed by atoms with Gasteiger partial charge in [0.05, 0.1) is 0 Å². The summed E-state index contributed by atoms with van der Waals surface area (Å²) < 4.78 is 5.85. The van der Waals surface area contributed by atoms with Gasteiger partial charge in [0, 0.05) is 6.61 Å². The molecule has 0 bridgehead atoms. The average Bonchev–Trinajstić information content (AvgIpc) is 2.16. The van der Waals surface area contributed by atoms with E-state index in [0.717, 1.165) is 13.0 Å². The monoisotopic (exact) mass is 236 g/mol. The summed E-state index contributed by atoms with van der Waals surface area (Å²) in [7, 11) is -1.34. The lowest BCUT2D eigenvalue weighted by molar-refractivity contribution is 0.316. The predicted octanol–water partition coefficient (Wildman–Crippen LogP) is 4.20. The van der Waals surface area contributed by atoms with Gasteiger partial charge in [-0.3, -0.25) is 0 Å². The van der Waals surface area contributed by atoms with Gasteiger partial charge in [-0.05, 0) is 43.1 Å². The number of benzene rings is 1. The minimum Gasteiger partial charge on any atom is -0.417 e. The van der Waals surface area contributed by atoms with Crippen molar-refractivity contribution < 1.29 is 4.43 Å². The van der Waals surface area contributed by atoms with Crippen LogP contribution in [-0.2, 0) is 10.8 Å². The van der Waals surface area contributed by atoms with Gasteiger partial charge in [-0.2, -0.15) is 0 Å². The zero-order valence-corrected chi connectivity index (χ0v) is 12.2. The topological polar surface area (TPSA) is 9.23 Å². The quantitative estimate of drug-likeness (QED) is 0.696. The van der Waals surface area contributed by atoms with E-state index in [4.69, 9.17) is 4.43 Å². The van der Waals surface area contributed by atoms with Crippen molar-refractivity contribution >= 4 is 8.32 Å². The van der Waals surface area contributed by atoms with E-state index in [1.807, 2.05) is 0 Å².